The molecule has 122 valence electrons. The summed E-state index contributed by atoms with van der Waals surface area (Å²) in [7, 11) is 0. The van der Waals surface area contributed by atoms with Crippen molar-refractivity contribution in [1.29, 1.82) is 0 Å². The number of aromatic nitrogens is 2. The predicted molar refractivity (Wildman–Crippen MR) is 79.8 cm³/mol. The molecule has 1 aromatic heterocycles. The summed E-state index contributed by atoms with van der Waals surface area (Å²) in [6.45, 7) is 0.105. The topological polar surface area (TPSA) is 79.0 Å². The van der Waals surface area contributed by atoms with E-state index in [1.807, 2.05) is 0 Å². The second kappa shape index (κ2) is 6.33. The summed E-state index contributed by atoms with van der Waals surface area (Å²) in [5, 5.41) is 12.7. The molecule has 3 N–H and O–H groups in total. The highest BCUT2D eigenvalue weighted by Crippen LogP contribution is 2.30. The van der Waals surface area contributed by atoms with Gasteiger partial charge >= 0.3 is 6.61 Å². The quantitative estimate of drug-likeness (QED) is 0.806. The Kier molecular flexibility index (Phi) is 4.24. The monoisotopic (exact) mass is 322 g/mol. The first-order chi connectivity index (χ1) is 11.1. The Balaban J connectivity index is 1.87. The van der Waals surface area contributed by atoms with Gasteiger partial charge in [-0.25, -0.2) is 0 Å². The molecule has 0 fully saturated rings. The minimum absolute atomic E-state index is 0.0733. The molecule has 0 aliphatic carbocycles. The first-order valence-corrected chi connectivity index (χ1v) is 7.19. The Bertz CT molecular complexity index is 730. The number of aryl methyl sites for hydroxylation is 1. The molecule has 6 nitrogen and oxygen atoms in total. The Labute approximate surface area is 131 Å². The predicted octanol–water partition coefficient (Wildman–Crippen LogP) is 2.22. The van der Waals surface area contributed by atoms with Gasteiger partial charge in [-0.05, 0) is 18.6 Å². The second-order valence-corrected chi connectivity index (χ2v) is 5.24. The van der Waals surface area contributed by atoms with E-state index in [-0.39, 0.29) is 17.1 Å². The van der Waals surface area contributed by atoms with Crippen LogP contribution in [0.1, 0.15) is 27.3 Å². The molecule has 2 heterocycles. The molecule has 3 rings (SSSR count). The minimum Gasteiger partial charge on any atom is -0.433 e. The third-order valence-electron chi connectivity index (χ3n) is 3.71. The number of nitrogens with one attached hydrogen (secondary N) is 3. The molecule has 1 aromatic carbocycles. The van der Waals surface area contributed by atoms with Crippen LogP contribution in [-0.4, -0.2) is 29.3 Å². The highest BCUT2D eigenvalue weighted by Gasteiger charge is 2.23. The average Bonchev–Trinajstić information content (AvgIpc) is 2.94. The number of H-pyrrole nitrogens is 1. The van der Waals surface area contributed by atoms with Gasteiger partial charge in [0.1, 0.15) is 5.75 Å². The molecule has 1 aliphatic heterocycles. The van der Waals surface area contributed by atoms with Gasteiger partial charge in [0.25, 0.3) is 5.91 Å². The minimum atomic E-state index is -2.96. The van der Waals surface area contributed by atoms with Crippen LogP contribution in [0.3, 0.4) is 0 Å². The summed E-state index contributed by atoms with van der Waals surface area (Å²) in [5.41, 5.74) is 2.83. The fourth-order valence-corrected chi connectivity index (χ4v) is 2.58. The molecular weight excluding hydrogens is 306 g/mol. The van der Waals surface area contributed by atoms with Crippen LogP contribution in [0.4, 0.5) is 14.5 Å². The van der Waals surface area contributed by atoms with Crippen LogP contribution in [-0.2, 0) is 13.0 Å². The zero-order valence-corrected chi connectivity index (χ0v) is 12.5. The van der Waals surface area contributed by atoms with Gasteiger partial charge in [0.15, 0.2) is 5.69 Å². The second-order valence-electron chi connectivity index (χ2n) is 5.24. The number of halogens is 2. The smallest absolute Gasteiger partial charge is 0.387 e. The van der Waals surface area contributed by atoms with E-state index in [1.165, 1.54) is 6.07 Å². The number of nitrogens with zero attached hydrogens (tertiary/aromatic N) is 1. The number of rotatable bonds is 4. The van der Waals surface area contributed by atoms with Gasteiger partial charge in [0, 0.05) is 30.8 Å². The molecule has 1 aliphatic rings. The van der Waals surface area contributed by atoms with Crippen LogP contribution in [0.25, 0.3) is 0 Å². The third-order valence-corrected chi connectivity index (χ3v) is 3.71. The van der Waals surface area contributed by atoms with Crippen molar-refractivity contribution in [1.82, 2.24) is 15.5 Å². The molecule has 0 saturated heterocycles. The van der Waals surface area contributed by atoms with Crippen molar-refractivity contribution >= 4 is 11.6 Å². The first-order valence-electron chi connectivity index (χ1n) is 7.19. The van der Waals surface area contributed by atoms with Crippen molar-refractivity contribution in [3.63, 3.8) is 0 Å². The number of para-hydroxylation sites is 1. The lowest BCUT2D eigenvalue weighted by Crippen LogP contribution is -2.25. The van der Waals surface area contributed by atoms with Crippen molar-refractivity contribution in [3.8, 4) is 5.75 Å². The number of ether oxygens (including phenoxy) is 1. The molecule has 0 radical (unpaired) electrons. The lowest BCUT2D eigenvalue weighted by Gasteiger charge is -2.15. The number of hydrogen-bond acceptors (Lipinski definition) is 4. The number of aromatic amines is 1. The SMILES string of the molecule is Cc1cccc(OC(F)F)c1NC(=O)c1n[nH]c2c1CNCC2. The summed E-state index contributed by atoms with van der Waals surface area (Å²) < 4.78 is 29.5. The third kappa shape index (κ3) is 3.16. The maximum Gasteiger partial charge on any atom is 0.387 e. The lowest BCUT2D eigenvalue weighted by atomic mass is 10.1. The number of fused-ring (bicyclic) bond motifs is 1. The number of amides is 1. The average molecular weight is 322 g/mol. The fourth-order valence-electron chi connectivity index (χ4n) is 2.58. The maximum atomic E-state index is 12.5. The standard InChI is InChI=1S/C15H16F2N4O2/c1-8-3-2-4-11(23-15(16)17)12(8)19-14(22)13-9-7-18-6-5-10(9)20-21-13/h2-4,15,18H,5-7H2,1H3,(H,19,22)(H,20,21). The van der Waals surface area contributed by atoms with Crippen molar-refractivity contribution in [2.45, 2.75) is 26.5 Å². The van der Waals surface area contributed by atoms with E-state index in [0.29, 0.717) is 12.1 Å². The lowest BCUT2D eigenvalue weighted by molar-refractivity contribution is -0.0493. The molecule has 0 spiro atoms. The van der Waals surface area contributed by atoms with Gasteiger partial charge < -0.3 is 15.4 Å². The highest BCUT2D eigenvalue weighted by atomic mass is 19.3. The number of alkyl halides is 2. The molecular formula is C15H16F2N4O2. The number of anilines is 1. The van der Waals surface area contributed by atoms with Gasteiger partial charge in [0.05, 0.1) is 5.69 Å². The van der Waals surface area contributed by atoms with Gasteiger partial charge in [0.2, 0.25) is 0 Å². The first kappa shape index (κ1) is 15.4. The Morgan fingerprint density at radius 2 is 2.26 bits per heavy atom. The Morgan fingerprint density at radius 3 is 3.04 bits per heavy atom. The van der Waals surface area contributed by atoms with Gasteiger partial charge in [-0.3, -0.25) is 9.89 Å². The van der Waals surface area contributed by atoms with Gasteiger partial charge in [-0.1, -0.05) is 12.1 Å². The maximum absolute atomic E-state index is 12.5. The van der Waals surface area contributed by atoms with Crippen LogP contribution in [0.2, 0.25) is 0 Å². The van der Waals surface area contributed by atoms with Crippen molar-refractivity contribution in [2.75, 3.05) is 11.9 Å². The van der Waals surface area contributed by atoms with Gasteiger partial charge in [-0.15, -0.1) is 0 Å². The Hall–Kier alpha value is -2.48. The van der Waals surface area contributed by atoms with Crippen molar-refractivity contribution < 1.29 is 18.3 Å². The molecule has 0 unspecified atom stereocenters. The number of carbonyl (C=O) groups is 1. The van der Waals surface area contributed by atoms with Crippen LogP contribution in [0.15, 0.2) is 18.2 Å². The van der Waals surface area contributed by atoms with Crippen LogP contribution in [0.5, 0.6) is 5.75 Å². The zero-order valence-electron chi connectivity index (χ0n) is 12.5. The zero-order chi connectivity index (χ0) is 16.4. The molecule has 0 atom stereocenters. The molecule has 0 saturated carbocycles. The van der Waals surface area contributed by atoms with E-state index in [2.05, 4.69) is 25.6 Å². The summed E-state index contributed by atoms with van der Waals surface area (Å²) >= 11 is 0. The Morgan fingerprint density at radius 1 is 1.43 bits per heavy atom. The molecule has 1 amide bonds. The van der Waals surface area contributed by atoms with E-state index in [1.54, 1.807) is 19.1 Å². The number of hydrogen-bond donors (Lipinski definition) is 3. The van der Waals surface area contributed by atoms with Gasteiger partial charge in [-0.2, -0.15) is 13.9 Å². The van der Waals surface area contributed by atoms with Crippen molar-refractivity contribution in [2.24, 2.45) is 0 Å². The summed E-state index contributed by atoms with van der Waals surface area (Å²) in [5.74, 6) is -0.532. The molecule has 2 aromatic rings. The number of carbonyl (C=O) groups excluding carboxylic acids is 1. The van der Waals surface area contributed by atoms with E-state index in [4.69, 9.17) is 0 Å². The van der Waals surface area contributed by atoms with Crippen LogP contribution in [0, 0.1) is 6.92 Å². The molecule has 23 heavy (non-hydrogen) atoms. The summed E-state index contributed by atoms with van der Waals surface area (Å²) in [6, 6.07) is 4.68. The van der Waals surface area contributed by atoms with Crippen molar-refractivity contribution in [3.05, 3.63) is 40.7 Å². The van der Waals surface area contributed by atoms with E-state index in [0.717, 1.165) is 24.2 Å². The van der Waals surface area contributed by atoms with E-state index < -0.39 is 12.5 Å². The fraction of sp³-hybridized carbons (Fsp3) is 0.333. The number of benzene rings is 1. The van der Waals surface area contributed by atoms with E-state index in [9.17, 15) is 13.6 Å². The largest absolute Gasteiger partial charge is 0.433 e. The summed E-state index contributed by atoms with van der Waals surface area (Å²) in [4.78, 5) is 12.5. The molecule has 0 bridgehead atoms. The highest BCUT2D eigenvalue weighted by molar-refractivity contribution is 6.05. The van der Waals surface area contributed by atoms with Crippen LogP contribution < -0.4 is 15.4 Å². The van der Waals surface area contributed by atoms with E-state index >= 15 is 0 Å². The summed E-state index contributed by atoms with van der Waals surface area (Å²) in [6.07, 6.45) is 0.764. The normalized spacial score (nSPS) is 13.7. The van der Waals surface area contributed by atoms with Crippen LogP contribution >= 0.6 is 0 Å². The molecule has 8 heteroatoms.